The molecular weight excluding hydrogens is 629 g/mol. The van der Waals surface area contributed by atoms with E-state index in [4.69, 9.17) is 18.6 Å². The van der Waals surface area contributed by atoms with E-state index < -0.39 is 8.32 Å². The van der Waals surface area contributed by atoms with Gasteiger partial charge >= 0.3 is 0 Å². The van der Waals surface area contributed by atoms with Gasteiger partial charge < -0.3 is 28.8 Å². The summed E-state index contributed by atoms with van der Waals surface area (Å²) in [4.78, 5) is 0. The molecule has 270 valence electrons. The number of fused-ring (bicyclic) bond motifs is 6. The second-order valence-electron chi connectivity index (χ2n) is 14.7. The first-order chi connectivity index (χ1) is 23.5. The predicted molar refractivity (Wildman–Crippen MR) is 209 cm³/mol. The van der Waals surface area contributed by atoms with Gasteiger partial charge in [-0.2, -0.15) is 0 Å². The lowest BCUT2D eigenvalue weighted by atomic mass is 9.93. The van der Waals surface area contributed by atoms with E-state index in [0.717, 1.165) is 102 Å². The quantitative estimate of drug-likeness (QED) is 0.0546. The fourth-order valence-electron chi connectivity index (χ4n) is 7.60. The highest BCUT2D eigenvalue weighted by atomic mass is 28.4. The van der Waals surface area contributed by atoms with Gasteiger partial charge in [-0.15, -0.1) is 0 Å². The highest BCUT2D eigenvalue weighted by Crippen LogP contribution is 2.49. The second kappa shape index (κ2) is 17.6. The van der Waals surface area contributed by atoms with Crippen LogP contribution in [0, 0.1) is 0 Å². The third-order valence-electron chi connectivity index (χ3n) is 10.2. The monoisotopic (exact) mass is 690 g/mol. The minimum Gasteiger partial charge on any atom is -0.540 e. The SMILES string of the molecule is CCCCCOc1cc2c(cc1O)c1cc(OCCCCC)c(O)cc1c1cc(O[Si](C(C)C)(C(C)C)C(C)C)c(OCCCCC)cc21. The average molecular weight is 691 g/mol. The lowest BCUT2D eigenvalue weighted by molar-refractivity contribution is 0.290. The fraction of sp³-hybridized carbons (Fsp3) is 0.571. The van der Waals surface area contributed by atoms with Crippen molar-refractivity contribution in [3.05, 3.63) is 36.4 Å². The molecule has 0 radical (unpaired) electrons. The number of hydrogen-bond acceptors (Lipinski definition) is 6. The summed E-state index contributed by atoms with van der Waals surface area (Å²) in [5.74, 6) is 2.61. The molecule has 49 heavy (non-hydrogen) atoms. The first-order valence-electron chi connectivity index (χ1n) is 19.0. The number of rotatable bonds is 20. The molecule has 0 aromatic heterocycles. The molecule has 0 saturated carbocycles. The van der Waals surface area contributed by atoms with E-state index in [1.54, 1.807) is 6.07 Å². The molecule has 7 heteroatoms. The van der Waals surface area contributed by atoms with Gasteiger partial charge in [0.1, 0.15) is 5.75 Å². The van der Waals surface area contributed by atoms with Crippen LogP contribution < -0.4 is 18.6 Å². The Morgan fingerprint density at radius 3 is 1.10 bits per heavy atom. The number of benzene rings is 4. The average Bonchev–Trinajstić information content (AvgIpc) is 3.06. The molecule has 0 aliphatic heterocycles. The number of phenols is 2. The summed E-state index contributed by atoms with van der Waals surface area (Å²) in [6.45, 7) is 22.0. The van der Waals surface area contributed by atoms with Crippen molar-refractivity contribution in [1.29, 1.82) is 0 Å². The molecule has 4 rings (SSSR count). The van der Waals surface area contributed by atoms with Crippen molar-refractivity contribution in [1.82, 2.24) is 0 Å². The molecule has 0 unspecified atom stereocenters. The van der Waals surface area contributed by atoms with Gasteiger partial charge in [-0.25, -0.2) is 0 Å². The van der Waals surface area contributed by atoms with Gasteiger partial charge in [0.15, 0.2) is 28.7 Å². The van der Waals surface area contributed by atoms with E-state index in [-0.39, 0.29) is 11.5 Å². The van der Waals surface area contributed by atoms with Crippen LogP contribution in [0.3, 0.4) is 0 Å². The number of unbranched alkanes of at least 4 members (excludes halogenated alkanes) is 6. The zero-order valence-electron chi connectivity index (χ0n) is 31.7. The molecule has 0 fully saturated rings. The van der Waals surface area contributed by atoms with E-state index in [2.05, 4.69) is 74.4 Å². The number of hydrogen-bond donors (Lipinski definition) is 2. The van der Waals surface area contributed by atoms with Gasteiger partial charge in [-0.1, -0.05) is 101 Å². The maximum Gasteiger partial charge on any atom is 0.258 e. The van der Waals surface area contributed by atoms with Crippen LogP contribution in [0.5, 0.6) is 34.5 Å². The van der Waals surface area contributed by atoms with Gasteiger partial charge in [-0.3, -0.25) is 0 Å². The third-order valence-corrected chi connectivity index (χ3v) is 16.2. The molecule has 0 heterocycles. The van der Waals surface area contributed by atoms with Crippen LogP contribution >= 0.6 is 0 Å². The summed E-state index contributed by atoms with van der Waals surface area (Å²) in [5, 5.41) is 28.0. The second-order valence-corrected chi connectivity index (χ2v) is 20.0. The Hall–Kier alpha value is -3.32. The zero-order valence-corrected chi connectivity index (χ0v) is 32.7. The Balaban J connectivity index is 2.04. The summed E-state index contributed by atoms with van der Waals surface area (Å²) >= 11 is 0. The summed E-state index contributed by atoms with van der Waals surface area (Å²) in [7, 11) is -2.35. The van der Waals surface area contributed by atoms with Crippen LogP contribution in [0.15, 0.2) is 36.4 Å². The van der Waals surface area contributed by atoms with E-state index in [9.17, 15) is 10.2 Å². The van der Waals surface area contributed by atoms with Gasteiger partial charge in [0.25, 0.3) is 8.32 Å². The van der Waals surface area contributed by atoms with Crippen molar-refractivity contribution in [2.75, 3.05) is 19.8 Å². The molecular formula is C42H62O6Si. The maximum atomic E-state index is 11.3. The van der Waals surface area contributed by atoms with E-state index in [1.165, 1.54) is 0 Å². The standard InChI is InChI=1S/C42H62O6Si/c1-10-13-16-19-45-39-24-33-31-22-37(43)40(46-20-17-14-11-2)25-34(31)35-26-41(47-21-18-15-12-3)42(27-36(35)32(33)23-38(39)44)48-49(28(4)5,29(6)7)30(8)9/h22-30,43-44H,10-21H2,1-9H3. The molecule has 0 aliphatic carbocycles. The van der Waals surface area contributed by atoms with Crippen LogP contribution in [0.2, 0.25) is 16.6 Å². The van der Waals surface area contributed by atoms with E-state index in [0.29, 0.717) is 47.9 Å². The lowest BCUT2D eigenvalue weighted by Gasteiger charge is -2.42. The van der Waals surface area contributed by atoms with Crippen LogP contribution in [-0.2, 0) is 0 Å². The summed E-state index contributed by atoms with van der Waals surface area (Å²) in [6, 6.07) is 11.7. The van der Waals surface area contributed by atoms with E-state index >= 15 is 0 Å². The lowest BCUT2D eigenvalue weighted by Crippen LogP contribution is -2.50. The minimum atomic E-state index is -2.35. The molecule has 0 spiro atoms. The van der Waals surface area contributed by atoms with Crippen molar-refractivity contribution < 1.29 is 28.8 Å². The minimum absolute atomic E-state index is 0.0979. The van der Waals surface area contributed by atoms with Crippen molar-refractivity contribution in [2.45, 2.75) is 137 Å². The maximum absolute atomic E-state index is 11.3. The van der Waals surface area contributed by atoms with Crippen LogP contribution in [0.1, 0.15) is 120 Å². The molecule has 0 amide bonds. The highest BCUT2D eigenvalue weighted by molar-refractivity contribution is 6.78. The molecule has 0 saturated heterocycles. The van der Waals surface area contributed by atoms with Gasteiger partial charge in [0, 0.05) is 0 Å². The van der Waals surface area contributed by atoms with Crippen LogP contribution in [0.25, 0.3) is 32.3 Å². The number of aromatic hydroxyl groups is 2. The molecule has 0 bridgehead atoms. The molecule has 0 aliphatic rings. The van der Waals surface area contributed by atoms with Crippen molar-refractivity contribution in [3.8, 4) is 34.5 Å². The van der Waals surface area contributed by atoms with Crippen molar-refractivity contribution >= 4 is 40.6 Å². The van der Waals surface area contributed by atoms with Gasteiger partial charge in [0.2, 0.25) is 0 Å². The largest absolute Gasteiger partial charge is 0.540 e. The Kier molecular flexibility index (Phi) is 13.8. The first kappa shape index (κ1) is 38.5. The summed E-state index contributed by atoms with van der Waals surface area (Å²) in [5.41, 5.74) is 1.16. The Morgan fingerprint density at radius 1 is 0.449 bits per heavy atom. The number of ether oxygens (including phenoxy) is 3. The number of phenolic OH excluding ortho intramolecular Hbond substituents is 2. The highest BCUT2D eigenvalue weighted by Gasteiger charge is 2.47. The Labute approximate surface area is 296 Å². The predicted octanol–water partition coefficient (Wildman–Crippen LogP) is 12.8. The van der Waals surface area contributed by atoms with E-state index in [1.807, 2.05) is 18.2 Å². The first-order valence-corrected chi connectivity index (χ1v) is 21.1. The molecule has 6 nitrogen and oxygen atoms in total. The summed E-state index contributed by atoms with van der Waals surface area (Å²) in [6.07, 6.45) is 9.34. The molecule has 0 atom stereocenters. The Bertz CT molecular complexity index is 1660. The molecule has 4 aromatic rings. The van der Waals surface area contributed by atoms with Crippen molar-refractivity contribution in [2.24, 2.45) is 0 Å². The fourth-order valence-corrected chi connectivity index (χ4v) is 12.9. The molecule has 2 N–H and O–H groups in total. The van der Waals surface area contributed by atoms with Crippen molar-refractivity contribution in [3.63, 3.8) is 0 Å². The van der Waals surface area contributed by atoms with Crippen LogP contribution in [-0.4, -0.2) is 38.4 Å². The van der Waals surface area contributed by atoms with Gasteiger partial charge in [0.05, 0.1) is 19.8 Å². The smallest absolute Gasteiger partial charge is 0.258 e. The summed E-state index contributed by atoms with van der Waals surface area (Å²) < 4.78 is 26.2. The normalized spacial score (nSPS) is 12.2. The van der Waals surface area contributed by atoms with Crippen LogP contribution in [0.4, 0.5) is 0 Å². The zero-order chi connectivity index (χ0) is 35.7. The van der Waals surface area contributed by atoms with Gasteiger partial charge in [-0.05, 0) is 105 Å². The topological polar surface area (TPSA) is 77.4 Å². The molecule has 4 aromatic carbocycles. The third kappa shape index (κ3) is 8.53. The Morgan fingerprint density at radius 2 is 0.755 bits per heavy atom.